The summed E-state index contributed by atoms with van der Waals surface area (Å²) in [6.07, 6.45) is 2.61. The molecule has 0 radical (unpaired) electrons. The van der Waals surface area contributed by atoms with E-state index in [0.29, 0.717) is 18.2 Å². The van der Waals surface area contributed by atoms with Gasteiger partial charge in [-0.3, -0.25) is 9.79 Å². The molecular weight excluding hydrogens is 332 g/mol. The molecule has 6 heteroatoms. The highest BCUT2D eigenvalue weighted by Gasteiger charge is 2.21. The van der Waals surface area contributed by atoms with Crippen molar-refractivity contribution < 1.29 is 4.79 Å². The fourth-order valence-corrected chi connectivity index (χ4v) is 4.06. The van der Waals surface area contributed by atoms with E-state index in [-0.39, 0.29) is 5.91 Å². The lowest BCUT2D eigenvalue weighted by Gasteiger charge is -2.34. The third-order valence-electron chi connectivity index (χ3n) is 4.24. The summed E-state index contributed by atoms with van der Waals surface area (Å²) in [6.45, 7) is 7.04. The minimum atomic E-state index is 0.0693. The number of benzene rings is 1. The summed E-state index contributed by atoms with van der Waals surface area (Å²) in [5, 5.41) is 7.10. The zero-order valence-electron chi connectivity index (χ0n) is 15.5. The smallest absolute Gasteiger partial charge is 0.224 e. The first kappa shape index (κ1) is 19.6. The van der Waals surface area contributed by atoms with Crippen LogP contribution in [0, 0.1) is 0 Å². The summed E-state index contributed by atoms with van der Waals surface area (Å²) < 4.78 is 0. The van der Waals surface area contributed by atoms with Crippen molar-refractivity contribution >= 4 is 29.3 Å². The Kier molecular flexibility index (Phi) is 8.12. The van der Waals surface area contributed by atoms with Crippen molar-refractivity contribution in [3.63, 3.8) is 0 Å². The predicted molar refractivity (Wildman–Crippen MR) is 108 cm³/mol. The lowest BCUT2D eigenvalue weighted by molar-refractivity contribution is -0.116. The zero-order chi connectivity index (χ0) is 18.1. The Morgan fingerprint density at radius 1 is 1.40 bits per heavy atom. The van der Waals surface area contributed by atoms with Crippen LogP contribution in [-0.2, 0) is 11.3 Å². The van der Waals surface area contributed by atoms with Crippen LogP contribution in [0.2, 0.25) is 0 Å². The number of carbonyl (C=O) groups excluding carboxylic acids is 1. The number of rotatable bonds is 6. The number of nitrogens with one attached hydrogen (secondary N) is 2. The number of hydrogen-bond acceptors (Lipinski definition) is 3. The maximum absolute atomic E-state index is 11.7. The van der Waals surface area contributed by atoms with E-state index in [1.54, 1.807) is 0 Å². The van der Waals surface area contributed by atoms with Gasteiger partial charge in [0.25, 0.3) is 0 Å². The molecule has 1 heterocycles. The Bertz CT molecular complexity index is 591. The number of guanidine groups is 1. The van der Waals surface area contributed by atoms with Crippen LogP contribution in [0.5, 0.6) is 0 Å². The fraction of sp³-hybridized carbons (Fsp3) is 0.579. The predicted octanol–water partition coefficient (Wildman–Crippen LogP) is 3.33. The van der Waals surface area contributed by atoms with Gasteiger partial charge in [-0.05, 0) is 30.5 Å². The molecule has 1 aromatic carbocycles. The van der Waals surface area contributed by atoms with Gasteiger partial charge in [0.15, 0.2) is 5.96 Å². The van der Waals surface area contributed by atoms with Crippen molar-refractivity contribution in [3.8, 4) is 0 Å². The molecule has 1 saturated heterocycles. The highest BCUT2D eigenvalue weighted by molar-refractivity contribution is 8.00. The van der Waals surface area contributed by atoms with Gasteiger partial charge < -0.3 is 15.5 Å². The molecule has 0 bridgehead atoms. The molecular formula is C19H30N4OS. The second-order valence-electron chi connectivity index (χ2n) is 6.25. The molecule has 1 aromatic rings. The maximum Gasteiger partial charge on any atom is 0.224 e. The maximum atomic E-state index is 11.7. The fourth-order valence-electron chi connectivity index (χ4n) is 2.88. The van der Waals surface area contributed by atoms with Gasteiger partial charge in [-0.15, -0.1) is 0 Å². The van der Waals surface area contributed by atoms with E-state index < -0.39 is 0 Å². The van der Waals surface area contributed by atoms with Gasteiger partial charge in [-0.2, -0.15) is 11.8 Å². The molecule has 138 valence electrons. The average Bonchev–Trinajstić information content (AvgIpc) is 2.63. The van der Waals surface area contributed by atoms with Crippen molar-refractivity contribution in [2.24, 2.45) is 4.99 Å². The van der Waals surface area contributed by atoms with Crippen LogP contribution in [-0.4, -0.2) is 47.9 Å². The van der Waals surface area contributed by atoms with Crippen LogP contribution < -0.4 is 10.6 Å². The Balaban J connectivity index is 1.92. The molecule has 1 unspecified atom stereocenters. The molecule has 2 N–H and O–H groups in total. The molecule has 0 aromatic heterocycles. The largest absolute Gasteiger partial charge is 0.352 e. The summed E-state index contributed by atoms with van der Waals surface area (Å²) in [5.41, 5.74) is 1.99. The quantitative estimate of drug-likeness (QED) is 0.602. The van der Waals surface area contributed by atoms with Crippen LogP contribution in [0.4, 0.5) is 5.69 Å². The molecule has 1 amide bonds. The minimum Gasteiger partial charge on any atom is -0.352 e. The number of nitrogens with zero attached hydrogens (tertiary/aromatic N) is 2. The molecule has 25 heavy (non-hydrogen) atoms. The summed E-state index contributed by atoms with van der Waals surface area (Å²) in [5.74, 6) is 2.18. The summed E-state index contributed by atoms with van der Waals surface area (Å²) >= 11 is 2.06. The molecule has 0 saturated carbocycles. The summed E-state index contributed by atoms with van der Waals surface area (Å²) in [7, 11) is 1.84. The molecule has 0 aliphatic carbocycles. The third kappa shape index (κ3) is 6.27. The third-order valence-corrected chi connectivity index (χ3v) is 5.62. The van der Waals surface area contributed by atoms with Crippen molar-refractivity contribution in [2.75, 3.05) is 31.2 Å². The molecule has 2 rings (SSSR count). The number of thioether (sulfide) groups is 1. The number of amides is 1. The van der Waals surface area contributed by atoms with E-state index in [0.717, 1.165) is 42.5 Å². The van der Waals surface area contributed by atoms with Crippen LogP contribution in [0.15, 0.2) is 29.3 Å². The van der Waals surface area contributed by atoms with Gasteiger partial charge in [0.1, 0.15) is 0 Å². The SMILES string of the molecule is CCCC(=O)Nc1cccc(CNC(=NC)N2CCSC(CC)C2)c1. The van der Waals surface area contributed by atoms with E-state index in [2.05, 4.69) is 45.3 Å². The van der Waals surface area contributed by atoms with E-state index in [9.17, 15) is 4.79 Å². The second-order valence-corrected chi connectivity index (χ2v) is 7.65. The van der Waals surface area contributed by atoms with Crippen LogP contribution in [0.3, 0.4) is 0 Å². The van der Waals surface area contributed by atoms with Crippen LogP contribution >= 0.6 is 11.8 Å². The lowest BCUT2D eigenvalue weighted by atomic mass is 10.2. The molecule has 5 nitrogen and oxygen atoms in total. The number of aliphatic imine (C=N–C) groups is 1. The van der Waals surface area contributed by atoms with E-state index in [4.69, 9.17) is 0 Å². The zero-order valence-corrected chi connectivity index (χ0v) is 16.4. The summed E-state index contributed by atoms with van der Waals surface area (Å²) in [4.78, 5) is 18.5. The molecule has 1 atom stereocenters. The highest BCUT2D eigenvalue weighted by Crippen LogP contribution is 2.21. The van der Waals surface area contributed by atoms with E-state index in [1.807, 2.05) is 32.2 Å². The summed E-state index contributed by atoms with van der Waals surface area (Å²) in [6, 6.07) is 8.00. The molecule has 0 spiro atoms. The van der Waals surface area contributed by atoms with Gasteiger partial charge in [-0.25, -0.2) is 0 Å². The number of carbonyl (C=O) groups is 1. The first-order chi connectivity index (χ1) is 12.2. The Morgan fingerprint density at radius 2 is 2.24 bits per heavy atom. The van der Waals surface area contributed by atoms with Crippen molar-refractivity contribution in [2.45, 2.75) is 44.9 Å². The molecule has 1 aliphatic rings. The van der Waals surface area contributed by atoms with Gasteiger partial charge >= 0.3 is 0 Å². The van der Waals surface area contributed by atoms with Gasteiger partial charge in [0.2, 0.25) is 5.91 Å². The highest BCUT2D eigenvalue weighted by atomic mass is 32.2. The Labute approximate surface area is 155 Å². The number of anilines is 1. The molecule has 1 aliphatic heterocycles. The monoisotopic (exact) mass is 362 g/mol. The normalized spacial score (nSPS) is 18.1. The number of hydrogen-bond donors (Lipinski definition) is 2. The van der Waals surface area contributed by atoms with E-state index >= 15 is 0 Å². The van der Waals surface area contributed by atoms with Crippen molar-refractivity contribution in [3.05, 3.63) is 29.8 Å². The van der Waals surface area contributed by atoms with Crippen LogP contribution in [0.25, 0.3) is 0 Å². The van der Waals surface area contributed by atoms with Crippen molar-refractivity contribution in [1.82, 2.24) is 10.2 Å². The first-order valence-electron chi connectivity index (χ1n) is 9.12. The van der Waals surface area contributed by atoms with Gasteiger partial charge in [-0.1, -0.05) is 26.0 Å². The Morgan fingerprint density at radius 3 is 2.96 bits per heavy atom. The standard InChI is InChI=1S/C19H30N4OS/c1-4-7-18(24)22-16-9-6-8-15(12-16)13-21-19(20-3)23-10-11-25-17(5-2)14-23/h6,8-9,12,17H,4-5,7,10-11,13-14H2,1-3H3,(H,20,21)(H,22,24). The Hall–Kier alpha value is -1.69. The van der Waals surface area contributed by atoms with E-state index in [1.165, 1.54) is 6.42 Å². The van der Waals surface area contributed by atoms with Gasteiger partial charge in [0, 0.05) is 49.8 Å². The average molecular weight is 363 g/mol. The van der Waals surface area contributed by atoms with Gasteiger partial charge in [0.05, 0.1) is 0 Å². The second kappa shape index (κ2) is 10.3. The van der Waals surface area contributed by atoms with Crippen molar-refractivity contribution in [1.29, 1.82) is 0 Å². The first-order valence-corrected chi connectivity index (χ1v) is 10.2. The topological polar surface area (TPSA) is 56.7 Å². The van der Waals surface area contributed by atoms with Crippen LogP contribution in [0.1, 0.15) is 38.7 Å². The minimum absolute atomic E-state index is 0.0693. The molecule has 1 fully saturated rings. The lowest BCUT2D eigenvalue weighted by Crippen LogP contribution is -2.47.